The molecule has 2 bridgehead atoms. The van der Waals surface area contributed by atoms with Crippen LogP contribution in [0.3, 0.4) is 0 Å². The van der Waals surface area contributed by atoms with E-state index < -0.39 is 0 Å². The van der Waals surface area contributed by atoms with Crippen LogP contribution in [-0.4, -0.2) is 13.2 Å². The third kappa shape index (κ3) is 2.93. The van der Waals surface area contributed by atoms with Crippen LogP contribution >= 0.6 is 11.8 Å². The van der Waals surface area contributed by atoms with Gasteiger partial charge >= 0.3 is 0 Å². The summed E-state index contributed by atoms with van der Waals surface area (Å²) in [5.74, 6) is 2.15. The van der Waals surface area contributed by atoms with E-state index in [1.165, 1.54) is 10.5 Å². The molecule has 1 aromatic carbocycles. The largest absolute Gasteiger partial charge is 0.494 e. The molecule has 2 aliphatic rings. The minimum Gasteiger partial charge on any atom is -0.494 e. The van der Waals surface area contributed by atoms with Crippen molar-refractivity contribution in [1.29, 1.82) is 0 Å². The molecule has 0 unspecified atom stereocenters. The summed E-state index contributed by atoms with van der Waals surface area (Å²) in [6, 6.07) is 6.41. The second-order valence-electron chi connectivity index (χ2n) is 2.90. The molecule has 0 fully saturated rings. The van der Waals surface area contributed by atoms with Gasteiger partial charge in [0, 0.05) is 16.2 Å². The Bertz CT molecular complexity index is 289. The lowest BCUT2D eigenvalue weighted by atomic mass is 10.2. The molecule has 14 heavy (non-hydrogen) atoms. The summed E-state index contributed by atoms with van der Waals surface area (Å²) < 4.78 is 5.46. The molecule has 2 heterocycles. The van der Waals surface area contributed by atoms with Gasteiger partial charge in [0.2, 0.25) is 0 Å². The quantitative estimate of drug-likeness (QED) is 0.817. The standard InChI is InChI=1S/C9H10OS.C2H7N/c1-2-10-9-5-8-4-3-7(9)6-11-8;1-2-3/h3-5H,2,6H2,1H3;2-3H2,1H3. The number of nitrogens with two attached hydrogens (primary N) is 1. The fraction of sp³-hybridized carbons (Fsp3) is 0.455. The van der Waals surface area contributed by atoms with Crippen molar-refractivity contribution in [2.24, 2.45) is 5.73 Å². The predicted molar refractivity (Wildman–Crippen MR) is 61.9 cm³/mol. The fourth-order valence-corrected chi connectivity index (χ4v) is 2.11. The smallest absolute Gasteiger partial charge is 0.124 e. The molecule has 0 spiro atoms. The lowest BCUT2D eigenvalue weighted by molar-refractivity contribution is 0.336. The molecule has 2 nitrogen and oxygen atoms in total. The Labute approximate surface area is 89.8 Å². The Balaban J connectivity index is 0.000000293. The van der Waals surface area contributed by atoms with E-state index in [0.29, 0.717) is 0 Å². The third-order valence-corrected chi connectivity index (χ3v) is 2.78. The van der Waals surface area contributed by atoms with Crippen molar-refractivity contribution >= 4 is 11.8 Å². The second kappa shape index (κ2) is 5.94. The summed E-state index contributed by atoms with van der Waals surface area (Å²) in [6.45, 7) is 5.44. The number of benzene rings is 1. The first-order valence-corrected chi connectivity index (χ1v) is 5.89. The van der Waals surface area contributed by atoms with Gasteiger partial charge in [-0.25, -0.2) is 0 Å². The van der Waals surface area contributed by atoms with Crippen LogP contribution in [0.4, 0.5) is 0 Å². The van der Waals surface area contributed by atoms with Crippen LogP contribution < -0.4 is 10.5 Å². The molecule has 0 saturated carbocycles. The Morgan fingerprint density at radius 2 is 2.14 bits per heavy atom. The monoisotopic (exact) mass is 211 g/mol. The van der Waals surface area contributed by atoms with Gasteiger partial charge in [-0.2, -0.15) is 0 Å². The Morgan fingerprint density at radius 3 is 2.50 bits per heavy atom. The Kier molecular flexibility index (Phi) is 4.84. The van der Waals surface area contributed by atoms with Gasteiger partial charge in [-0.3, -0.25) is 0 Å². The SMILES string of the molecule is CCN.CCOc1cc2ccc1CS2. The summed E-state index contributed by atoms with van der Waals surface area (Å²) in [5.41, 5.74) is 6.17. The average molecular weight is 211 g/mol. The number of fused-ring (bicyclic) bond motifs is 3. The number of ether oxygens (including phenoxy) is 1. The van der Waals surface area contributed by atoms with Gasteiger partial charge in [0.1, 0.15) is 5.75 Å². The first kappa shape index (κ1) is 11.4. The summed E-state index contributed by atoms with van der Waals surface area (Å²) in [7, 11) is 0. The van der Waals surface area contributed by atoms with E-state index in [2.05, 4.69) is 18.2 Å². The van der Waals surface area contributed by atoms with Gasteiger partial charge in [-0.1, -0.05) is 13.0 Å². The van der Waals surface area contributed by atoms with E-state index in [-0.39, 0.29) is 0 Å². The summed E-state index contributed by atoms with van der Waals surface area (Å²) in [6.07, 6.45) is 0. The van der Waals surface area contributed by atoms with Gasteiger partial charge in [0.05, 0.1) is 6.61 Å². The Morgan fingerprint density at radius 1 is 1.43 bits per heavy atom. The highest BCUT2D eigenvalue weighted by atomic mass is 32.2. The number of hydrogen-bond donors (Lipinski definition) is 1. The third-order valence-electron chi connectivity index (χ3n) is 1.73. The van der Waals surface area contributed by atoms with Crippen LogP contribution in [0.15, 0.2) is 23.1 Å². The molecule has 3 heteroatoms. The number of hydrogen-bond acceptors (Lipinski definition) is 3. The normalized spacial score (nSPS) is 11.9. The molecular formula is C11H17NOS. The van der Waals surface area contributed by atoms with Crippen molar-refractivity contribution in [1.82, 2.24) is 0 Å². The molecule has 2 aliphatic heterocycles. The van der Waals surface area contributed by atoms with Crippen molar-refractivity contribution in [3.8, 4) is 5.75 Å². The predicted octanol–water partition coefficient (Wildman–Crippen LogP) is 2.66. The lowest BCUT2D eigenvalue weighted by Gasteiger charge is -2.16. The van der Waals surface area contributed by atoms with Crippen LogP contribution in [0, 0.1) is 0 Å². The molecular weight excluding hydrogens is 194 g/mol. The molecule has 0 radical (unpaired) electrons. The van der Waals surface area contributed by atoms with Crippen LogP contribution in [0.5, 0.6) is 5.75 Å². The second-order valence-corrected chi connectivity index (χ2v) is 3.95. The van der Waals surface area contributed by atoms with Crippen molar-refractivity contribution in [3.63, 3.8) is 0 Å². The topological polar surface area (TPSA) is 35.2 Å². The van der Waals surface area contributed by atoms with E-state index >= 15 is 0 Å². The maximum atomic E-state index is 5.46. The molecule has 1 aromatic rings. The van der Waals surface area contributed by atoms with Crippen LogP contribution in [-0.2, 0) is 5.75 Å². The molecule has 0 saturated heterocycles. The van der Waals surface area contributed by atoms with E-state index in [9.17, 15) is 0 Å². The Hall–Kier alpha value is -0.670. The van der Waals surface area contributed by atoms with E-state index in [0.717, 1.165) is 24.7 Å². The van der Waals surface area contributed by atoms with E-state index in [1.54, 1.807) is 0 Å². The zero-order valence-corrected chi connectivity index (χ0v) is 9.56. The summed E-state index contributed by atoms with van der Waals surface area (Å²) in [5, 5.41) is 0. The van der Waals surface area contributed by atoms with Crippen LogP contribution in [0.25, 0.3) is 0 Å². The maximum Gasteiger partial charge on any atom is 0.124 e. The zero-order valence-electron chi connectivity index (χ0n) is 8.75. The first-order chi connectivity index (χ1) is 6.81. The van der Waals surface area contributed by atoms with Gasteiger partial charge < -0.3 is 10.5 Å². The molecule has 78 valence electrons. The molecule has 3 rings (SSSR count). The molecule has 0 atom stereocenters. The first-order valence-electron chi connectivity index (χ1n) is 4.90. The van der Waals surface area contributed by atoms with Crippen molar-refractivity contribution in [3.05, 3.63) is 23.8 Å². The summed E-state index contributed by atoms with van der Waals surface area (Å²) >= 11 is 1.88. The summed E-state index contributed by atoms with van der Waals surface area (Å²) in [4.78, 5) is 1.32. The average Bonchev–Trinajstić information content (AvgIpc) is 2.21. The minimum absolute atomic E-state index is 0.750. The highest BCUT2D eigenvalue weighted by molar-refractivity contribution is 7.98. The van der Waals surface area contributed by atoms with Crippen molar-refractivity contribution in [2.45, 2.75) is 24.5 Å². The van der Waals surface area contributed by atoms with Crippen molar-refractivity contribution < 1.29 is 4.74 Å². The van der Waals surface area contributed by atoms with Gasteiger partial charge in [0.15, 0.2) is 0 Å². The molecule has 2 N–H and O–H groups in total. The van der Waals surface area contributed by atoms with Crippen molar-refractivity contribution in [2.75, 3.05) is 13.2 Å². The molecule has 0 aliphatic carbocycles. The fourth-order valence-electron chi connectivity index (χ4n) is 1.19. The van der Waals surface area contributed by atoms with Gasteiger partial charge in [0.25, 0.3) is 0 Å². The van der Waals surface area contributed by atoms with Gasteiger partial charge in [-0.15, -0.1) is 11.8 Å². The lowest BCUT2D eigenvalue weighted by Crippen LogP contribution is -1.99. The number of rotatable bonds is 2. The minimum atomic E-state index is 0.750. The highest BCUT2D eigenvalue weighted by Crippen LogP contribution is 2.36. The molecule has 0 amide bonds. The van der Waals surface area contributed by atoms with Gasteiger partial charge in [-0.05, 0) is 25.6 Å². The van der Waals surface area contributed by atoms with Crippen LogP contribution in [0.1, 0.15) is 19.4 Å². The van der Waals surface area contributed by atoms with E-state index in [1.807, 2.05) is 25.6 Å². The van der Waals surface area contributed by atoms with Crippen LogP contribution in [0.2, 0.25) is 0 Å². The number of thioether (sulfide) groups is 1. The van der Waals surface area contributed by atoms with E-state index in [4.69, 9.17) is 10.5 Å². The maximum absolute atomic E-state index is 5.46. The highest BCUT2D eigenvalue weighted by Gasteiger charge is 2.11. The molecule has 0 aromatic heterocycles. The zero-order chi connectivity index (χ0) is 10.4.